The van der Waals surface area contributed by atoms with E-state index in [1.165, 1.54) is 6.07 Å². The smallest absolute Gasteiger partial charge is 0.381 e. The van der Waals surface area contributed by atoms with Crippen LogP contribution in [0.15, 0.2) is 70.4 Å². The van der Waals surface area contributed by atoms with Gasteiger partial charge in [0.1, 0.15) is 5.82 Å². The van der Waals surface area contributed by atoms with Gasteiger partial charge in [0, 0.05) is 36.8 Å². The maximum Gasteiger partial charge on any atom is 0.381 e. The Kier molecular flexibility index (Phi) is 12.5. The molecule has 0 unspecified atom stereocenters. The molecule has 3 nitrogen and oxygen atoms in total. The Morgan fingerprint density at radius 3 is 2.07 bits per heavy atom. The van der Waals surface area contributed by atoms with Crippen LogP contribution >= 0.6 is 0 Å². The van der Waals surface area contributed by atoms with Gasteiger partial charge in [-0.15, -0.1) is 29.8 Å². The van der Waals surface area contributed by atoms with Gasteiger partial charge >= 0.3 is 6.18 Å². The van der Waals surface area contributed by atoms with E-state index in [-0.39, 0.29) is 31.1 Å². The average molecular weight is 626 g/mol. The summed E-state index contributed by atoms with van der Waals surface area (Å²) in [6.45, 7) is 8.30. The monoisotopic (exact) mass is 626 g/mol. The number of hydrogen-bond acceptors (Lipinski definition) is 3. The summed E-state index contributed by atoms with van der Waals surface area (Å²) in [5, 5.41) is 0. The van der Waals surface area contributed by atoms with Crippen LogP contribution in [0.4, 0.5) is 13.2 Å². The number of halogens is 3. The third-order valence-electron chi connectivity index (χ3n) is 3.46. The third kappa shape index (κ3) is 7.83. The molecule has 0 amide bonds. The van der Waals surface area contributed by atoms with Gasteiger partial charge in [0.15, 0.2) is 0 Å². The standard InChI is InChI=1S/C18H13F3N3.2C2H6.U/c19-18(20,21)14-8-6-13(7-9-14)16-17(12-4-2-1-3-5-12)24-15(22)10-11-23-16;2*1-2;/h1-6,8-10H,11,22H2;2*1-2H3;/q-1;;;. The molecule has 0 bridgehead atoms. The average Bonchev–Trinajstić information content (AvgIpc) is 2.93. The number of aliphatic imine (C=N–C) groups is 2. The van der Waals surface area contributed by atoms with Gasteiger partial charge in [-0.05, 0) is 17.2 Å². The van der Waals surface area contributed by atoms with Crippen molar-refractivity contribution in [1.82, 2.24) is 0 Å². The molecule has 0 atom stereocenters. The summed E-state index contributed by atoms with van der Waals surface area (Å²) in [6.07, 6.45) is -2.75. The van der Waals surface area contributed by atoms with Crippen LogP contribution in [0.5, 0.6) is 0 Å². The van der Waals surface area contributed by atoms with Crippen LogP contribution in [0.25, 0.3) is 0 Å². The summed E-state index contributed by atoms with van der Waals surface area (Å²) < 4.78 is 38.2. The molecule has 2 N–H and O–H groups in total. The minimum atomic E-state index is -4.40. The van der Waals surface area contributed by atoms with Crippen molar-refractivity contribution in [2.75, 3.05) is 6.54 Å². The molecular formula is C22H25F3N3U-. The summed E-state index contributed by atoms with van der Waals surface area (Å²) in [6, 6.07) is 15.2. The van der Waals surface area contributed by atoms with Crippen LogP contribution < -0.4 is 5.73 Å². The fourth-order valence-corrected chi connectivity index (χ4v) is 2.29. The Hall–Kier alpha value is -1.84. The quantitative estimate of drug-likeness (QED) is 0.431. The van der Waals surface area contributed by atoms with E-state index < -0.39 is 11.7 Å². The number of alkyl halides is 3. The van der Waals surface area contributed by atoms with Crippen molar-refractivity contribution in [2.24, 2.45) is 15.7 Å². The van der Waals surface area contributed by atoms with E-state index in [4.69, 9.17) is 5.73 Å². The van der Waals surface area contributed by atoms with Gasteiger partial charge in [-0.25, -0.2) is 4.99 Å². The first-order chi connectivity index (χ1) is 13.4. The number of nitrogens with two attached hydrogens (primary N) is 1. The zero-order valence-corrected chi connectivity index (χ0v) is 21.2. The molecular weight excluding hydrogens is 601 g/mol. The molecule has 0 saturated heterocycles. The molecule has 3 rings (SSSR count). The zero-order chi connectivity index (χ0) is 21.2. The molecule has 1 heterocycles. The van der Waals surface area contributed by atoms with E-state index >= 15 is 0 Å². The molecule has 2 aromatic carbocycles. The fraction of sp³-hybridized carbons (Fsp3) is 0.273. The maximum absolute atomic E-state index is 12.7. The van der Waals surface area contributed by atoms with E-state index in [0.717, 1.165) is 17.7 Å². The molecule has 0 spiro atoms. The van der Waals surface area contributed by atoms with Crippen LogP contribution in [-0.2, 0) is 6.18 Å². The van der Waals surface area contributed by atoms with Gasteiger partial charge in [0.25, 0.3) is 0 Å². The van der Waals surface area contributed by atoms with Crippen molar-refractivity contribution in [3.05, 3.63) is 83.2 Å². The Labute approximate surface area is 194 Å². The van der Waals surface area contributed by atoms with Gasteiger partial charge in [0.2, 0.25) is 0 Å². The van der Waals surface area contributed by atoms with E-state index in [1.807, 2.05) is 58.0 Å². The molecule has 0 aliphatic carbocycles. The first kappa shape index (κ1) is 27.2. The topological polar surface area (TPSA) is 50.7 Å². The number of nitrogens with zero attached hydrogens (tertiary/aromatic N) is 2. The molecule has 2 aromatic rings. The largest absolute Gasteiger partial charge is 0.384 e. The van der Waals surface area contributed by atoms with Gasteiger partial charge in [-0.3, -0.25) is 0 Å². The van der Waals surface area contributed by atoms with Crippen LogP contribution in [0, 0.1) is 37.2 Å². The van der Waals surface area contributed by atoms with Gasteiger partial charge in [0.05, 0.1) is 12.3 Å². The van der Waals surface area contributed by atoms with Crippen molar-refractivity contribution < 1.29 is 44.3 Å². The number of rotatable bonds is 2. The second-order valence-corrected chi connectivity index (χ2v) is 5.13. The molecule has 7 heteroatoms. The summed E-state index contributed by atoms with van der Waals surface area (Å²) in [5.41, 5.74) is 7.27. The second kappa shape index (κ2) is 13.4. The summed E-state index contributed by atoms with van der Waals surface area (Å²) in [7, 11) is 0. The molecule has 29 heavy (non-hydrogen) atoms. The second-order valence-electron chi connectivity index (χ2n) is 5.13. The van der Waals surface area contributed by atoms with Crippen LogP contribution in [-0.4, -0.2) is 18.0 Å². The molecule has 0 saturated carbocycles. The van der Waals surface area contributed by atoms with Crippen LogP contribution in [0.3, 0.4) is 0 Å². The Morgan fingerprint density at radius 2 is 1.55 bits per heavy atom. The summed E-state index contributed by atoms with van der Waals surface area (Å²) in [4.78, 5) is 8.77. The van der Waals surface area contributed by atoms with Gasteiger partial charge in [-0.1, -0.05) is 58.0 Å². The minimum Gasteiger partial charge on any atom is -0.384 e. The Balaban J connectivity index is 0.00000148. The first-order valence-electron chi connectivity index (χ1n) is 9.19. The van der Waals surface area contributed by atoms with Gasteiger partial charge in [-0.2, -0.15) is 13.2 Å². The summed E-state index contributed by atoms with van der Waals surface area (Å²) in [5.74, 6) is 0.319. The first-order valence-corrected chi connectivity index (χ1v) is 9.19. The van der Waals surface area contributed by atoms with Crippen molar-refractivity contribution >= 4 is 11.4 Å². The maximum atomic E-state index is 12.7. The predicted octanol–water partition coefficient (Wildman–Crippen LogP) is 5.65. The molecule has 1 aliphatic heterocycles. The van der Waals surface area contributed by atoms with Crippen molar-refractivity contribution in [1.29, 1.82) is 0 Å². The van der Waals surface area contributed by atoms with Crippen molar-refractivity contribution in [3.8, 4) is 0 Å². The Bertz CT molecular complexity index is 825. The Morgan fingerprint density at radius 1 is 0.931 bits per heavy atom. The van der Waals surface area contributed by atoms with E-state index in [0.29, 0.717) is 29.4 Å². The number of hydrogen-bond donors (Lipinski definition) is 1. The molecule has 1 aliphatic rings. The third-order valence-corrected chi connectivity index (χ3v) is 3.46. The molecule has 0 radical (unpaired) electrons. The summed E-state index contributed by atoms with van der Waals surface area (Å²) >= 11 is 0. The van der Waals surface area contributed by atoms with Crippen LogP contribution in [0.1, 0.15) is 44.4 Å². The SMILES string of the molecule is CC.CC.NC1=CCN=C(c2[c-]cc(C(F)(F)F)cc2)C(c2ccccc2)=N1.[U]. The van der Waals surface area contributed by atoms with Crippen molar-refractivity contribution in [2.45, 2.75) is 33.9 Å². The molecule has 154 valence electrons. The van der Waals surface area contributed by atoms with Gasteiger partial charge < -0.3 is 10.7 Å². The normalized spacial score (nSPS) is 13.0. The van der Waals surface area contributed by atoms with E-state index in [9.17, 15) is 13.2 Å². The van der Waals surface area contributed by atoms with Crippen molar-refractivity contribution in [3.63, 3.8) is 0 Å². The minimum absolute atomic E-state index is 0. The molecule has 0 fully saturated rings. The molecule has 0 aromatic heterocycles. The number of benzene rings is 2. The van der Waals surface area contributed by atoms with E-state index in [1.54, 1.807) is 6.08 Å². The fourth-order valence-electron chi connectivity index (χ4n) is 2.29. The van der Waals surface area contributed by atoms with E-state index in [2.05, 4.69) is 16.1 Å². The van der Waals surface area contributed by atoms with Crippen LogP contribution in [0.2, 0.25) is 0 Å². The predicted molar refractivity (Wildman–Crippen MR) is 110 cm³/mol. The zero-order valence-electron chi connectivity index (χ0n) is 17.0.